The molecule has 1 amide bonds. The smallest absolute Gasteiger partial charge is 0.224 e. The lowest BCUT2D eigenvalue weighted by molar-refractivity contribution is -0.116. The maximum atomic E-state index is 12.3. The molecule has 0 spiro atoms. The lowest BCUT2D eigenvalue weighted by Crippen LogP contribution is -2.14. The van der Waals surface area contributed by atoms with Gasteiger partial charge in [-0.15, -0.1) is 0 Å². The maximum Gasteiger partial charge on any atom is 0.224 e. The molecule has 0 bridgehead atoms. The number of aromatic nitrogens is 3. The number of carbonyl (C=O) groups excluding carboxylic acids is 1. The quantitative estimate of drug-likeness (QED) is 0.678. The zero-order valence-electron chi connectivity index (χ0n) is 14.8. The number of rotatable bonds is 7. The number of ether oxygens (including phenoxy) is 1. The van der Waals surface area contributed by atoms with Gasteiger partial charge in [-0.2, -0.15) is 0 Å². The number of methoxy groups -OCH3 is 1. The van der Waals surface area contributed by atoms with Crippen molar-refractivity contribution in [1.29, 1.82) is 0 Å². The van der Waals surface area contributed by atoms with E-state index in [-0.39, 0.29) is 5.91 Å². The molecular weight excluding hydrogens is 352 g/mol. The predicted octanol–water partition coefficient (Wildman–Crippen LogP) is 4.07. The Labute approximate surface area is 157 Å². The summed E-state index contributed by atoms with van der Waals surface area (Å²) in [6.45, 7) is 2.94. The Balaban J connectivity index is 1.68. The van der Waals surface area contributed by atoms with E-state index in [0.717, 1.165) is 30.0 Å². The van der Waals surface area contributed by atoms with Crippen LogP contribution >= 0.6 is 11.6 Å². The number of amides is 1. The monoisotopic (exact) mass is 372 g/mol. The first-order valence-corrected chi connectivity index (χ1v) is 8.93. The number of hydrogen-bond donors (Lipinski definition) is 1. The van der Waals surface area contributed by atoms with Crippen molar-refractivity contribution in [1.82, 2.24) is 14.5 Å². The molecule has 0 unspecified atom stereocenters. The van der Waals surface area contributed by atoms with Crippen molar-refractivity contribution in [3.05, 3.63) is 47.4 Å². The van der Waals surface area contributed by atoms with Gasteiger partial charge in [-0.3, -0.25) is 4.79 Å². The van der Waals surface area contributed by atoms with Crippen LogP contribution in [0.15, 0.2) is 36.5 Å². The van der Waals surface area contributed by atoms with E-state index < -0.39 is 0 Å². The zero-order valence-corrected chi connectivity index (χ0v) is 15.6. The average Bonchev–Trinajstić information content (AvgIpc) is 2.98. The Bertz CT molecular complexity index is 923. The minimum Gasteiger partial charge on any atom is -0.495 e. The zero-order chi connectivity index (χ0) is 18.5. The number of hydrogen-bond acceptors (Lipinski definition) is 4. The van der Waals surface area contributed by atoms with Gasteiger partial charge in [-0.05, 0) is 36.8 Å². The molecule has 0 aliphatic heterocycles. The van der Waals surface area contributed by atoms with Crippen molar-refractivity contribution in [2.75, 3.05) is 12.4 Å². The molecule has 3 aromatic rings. The van der Waals surface area contributed by atoms with E-state index in [1.165, 1.54) is 0 Å². The number of nitrogens with zero attached hydrogens (tertiary/aromatic N) is 3. The highest BCUT2D eigenvalue weighted by Gasteiger charge is 2.13. The molecule has 1 N–H and O–H groups in total. The maximum absolute atomic E-state index is 12.3. The topological polar surface area (TPSA) is 69.0 Å². The fourth-order valence-corrected chi connectivity index (χ4v) is 3.11. The first-order valence-electron chi connectivity index (χ1n) is 8.56. The highest BCUT2D eigenvalue weighted by atomic mass is 35.5. The van der Waals surface area contributed by atoms with E-state index in [0.29, 0.717) is 29.3 Å². The minimum absolute atomic E-state index is 0.0886. The molecule has 0 radical (unpaired) electrons. The van der Waals surface area contributed by atoms with Crippen LogP contribution in [0.1, 0.15) is 25.6 Å². The molecule has 0 aliphatic carbocycles. The fourth-order valence-electron chi connectivity index (χ4n) is 2.85. The van der Waals surface area contributed by atoms with Crippen LogP contribution in [0.4, 0.5) is 5.69 Å². The minimum atomic E-state index is -0.0886. The van der Waals surface area contributed by atoms with Crippen molar-refractivity contribution in [3.8, 4) is 5.75 Å². The molecule has 0 atom stereocenters. The van der Waals surface area contributed by atoms with Gasteiger partial charge >= 0.3 is 0 Å². The first-order chi connectivity index (χ1) is 12.6. The van der Waals surface area contributed by atoms with E-state index >= 15 is 0 Å². The Morgan fingerprint density at radius 2 is 2.19 bits per heavy atom. The van der Waals surface area contributed by atoms with Gasteiger partial charge in [0.25, 0.3) is 0 Å². The van der Waals surface area contributed by atoms with Crippen LogP contribution in [-0.2, 0) is 17.8 Å². The van der Waals surface area contributed by atoms with Crippen molar-refractivity contribution in [2.45, 2.75) is 32.7 Å². The number of benzene rings is 1. The number of imidazole rings is 1. The molecule has 2 aromatic heterocycles. The molecule has 3 rings (SSSR count). The SMILES string of the molecule is CCCn1c(CCC(=O)Nc2ccc(OC)c(Cl)c2)nc2cccnc21. The number of fused-ring (bicyclic) bond motifs is 1. The summed E-state index contributed by atoms with van der Waals surface area (Å²) in [5, 5.41) is 3.32. The fraction of sp³-hybridized carbons (Fsp3) is 0.316. The van der Waals surface area contributed by atoms with Gasteiger partial charge in [-0.1, -0.05) is 18.5 Å². The third-order valence-corrected chi connectivity index (χ3v) is 4.34. The predicted molar refractivity (Wildman–Crippen MR) is 103 cm³/mol. The van der Waals surface area contributed by atoms with E-state index in [1.807, 2.05) is 12.1 Å². The molecule has 7 heteroatoms. The Kier molecular flexibility index (Phi) is 5.73. The summed E-state index contributed by atoms with van der Waals surface area (Å²) in [5.74, 6) is 1.36. The molecule has 136 valence electrons. The number of halogens is 1. The first kappa shape index (κ1) is 18.2. The molecule has 0 fully saturated rings. The van der Waals surface area contributed by atoms with Crippen molar-refractivity contribution in [2.24, 2.45) is 0 Å². The third kappa shape index (κ3) is 3.96. The van der Waals surface area contributed by atoms with Gasteiger partial charge in [0.15, 0.2) is 5.65 Å². The standard InChI is InChI=1S/C19H21ClN4O2/c1-3-11-24-17(23-15-5-4-10-21-19(15)24)8-9-18(25)22-13-6-7-16(26-2)14(20)12-13/h4-7,10,12H,3,8-9,11H2,1-2H3,(H,22,25). The van der Waals surface area contributed by atoms with E-state index in [9.17, 15) is 4.79 Å². The second kappa shape index (κ2) is 8.19. The van der Waals surface area contributed by atoms with Crippen molar-refractivity contribution in [3.63, 3.8) is 0 Å². The summed E-state index contributed by atoms with van der Waals surface area (Å²) >= 11 is 6.09. The van der Waals surface area contributed by atoms with E-state index in [1.54, 1.807) is 31.5 Å². The third-order valence-electron chi connectivity index (χ3n) is 4.04. The lowest BCUT2D eigenvalue weighted by Gasteiger charge is -2.09. The van der Waals surface area contributed by atoms with Crippen LogP contribution in [0, 0.1) is 0 Å². The summed E-state index contributed by atoms with van der Waals surface area (Å²) in [6, 6.07) is 8.98. The molecule has 0 saturated carbocycles. The summed E-state index contributed by atoms with van der Waals surface area (Å²) in [7, 11) is 1.55. The summed E-state index contributed by atoms with van der Waals surface area (Å²) in [5.41, 5.74) is 2.37. The van der Waals surface area contributed by atoms with Gasteiger partial charge in [0, 0.05) is 31.3 Å². The Hall–Kier alpha value is -2.60. The van der Waals surface area contributed by atoms with Crippen molar-refractivity contribution < 1.29 is 9.53 Å². The largest absolute Gasteiger partial charge is 0.495 e. The molecule has 1 aromatic carbocycles. The van der Waals surface area contributed by atoms with Crippen LogP contribution in [0.2, 0.25) is 5.02 Å². The van der Waals surface area contributed by atoms with Crippen LogP contribution in [0.3, 0.4) is 0 Å². The summed E-state index contributed by atoms with van der Waals surface area (Å²) in [6.07, 6.45) is 3.62. The van der Waals surface area contributed by atoms with Crippen molar-refractivity contribution >= 4 is 34.4 Å². The second-order valence-corrected chi connectivity index (χ2v) is 6.33. The molecule has 2 heterocycles. The van der Waals surface area contributed by atoms with Crippen LogP contribution in [-0.4, -0.2) is 27.6 Å². The number of nitrogens with one attached hydrogen (secondary N) is 1. The molecule has 0 aliphatic rings. The highest BCUT2D eigenvalue weighted by Crippen LogP contribution is 2.27. The Morgan fingerprint density at radius 3 is 2.92 bits per heavy atom. The number of aryl methyl sites for hydroxylation is 2. The molecule has 0 saturated heterocycles. The van der Waals surface area contributed by atoms with Gasteiger partial charge in [0.2, 0.25) is 5.91 Å². The van der Waals surface area contributed by atoms with Gasteiger partial charge < -0.3 is 14.6 Å². The number of carbonyl (C=O) groups is 1. The normalized spacial score (nSPS) is 10.9. The average molecular weight is 373 g/mol. The molecule has 26 heavy (non-hydrogen) atoms. The molecule has 6 nitrogen and oxygen atoms in total. The van der Waals surface area contributed by atoms with Gasteiger partial charge in [0.1, 0.15) is 17.1 Å². The molecular formula is C19H21ClN4O2. The van der Waals surface area contributed by atoms with E-state index in [2.05, 4.69) is 26.8 Å². The summed E-state index contributed by atoms with van der Waals surface area (Å²) in [4.78, 5) is 21.3. The second-order valence-electron chi connectivity index (χ2n) is 5.92. The van der Waals surface area contributed by atoms with Crippen LogP contribution in [0.25, 0.3) is 11.2 Å². The number of anilines is 1. The van der Waals surface area contributed by atoms with Crippen LogP contribution < -0.4 is 10.1 Å². The lowest BCUT2D eigenvalue weighted by atomic mass is 10.2. The Morgan fingerprint density at radius 1 is 1.35 bits per heavy atom. The van der Waals surface area contributed by atoms with Gasteiger partial charge in [0.05, 0.1) is 12.1 Å². The van der Waals surface area contributed by atoms with Gasteiger partial charge in [-0.25, -0.2) is 9.97 Å². The number of pyridine rings is 1. The summed E-state index contributed by atoms with van der Waals surface area (Å²) < 4.78 is 7.20. The van der Waals surface area contributed by atoms with Crippen LogP contribution in [0.5, 0.6) is 5.75 Å². The highest BCUT2D eigenvalue weighted by molar-refractivity contribution is 6.32. The van der Waals surface area contributed by atoms with E-state index in [4.69, 9.17) is 16.3 Å².